The molecule has 0 spiro atoms. The van der Waals surface area contributed by atoms with Crippen molar-refractivity contribution in [1.29, 1.82) is 0 Å². The number of benzene rings is 1. The van der Waals surface area contributed by atoms with Crippen LogP contribution < -0.4 is 4.43 Å². The average molecular weight is 266 g/mol. The third-order valence-corrected chi connectivity index (χ3v) is 8.45. The maximum atomic E-state index is 9.44. The molecule has 0 amide bonds. The van der Waals surface area contributed by atoms with Crippen molar-refractivity contribution >= 4 is 8.32 Å². The molecule has 1 rings (SSSR count). The zero-order valence-corrected chi connectivity index (χ0v) is 13.7. The van der Waals surface area contributed by atoms with Crippen LogP contribution in [0.25, 0.3) is 0 Å². The van der Waals surface area contributed by atoms with Crippen LogP contribution in [-0.4, -0.2) is 13.4 Å². The Morgan fingerprint density at radius 3 is 2.17 bits per heavy atom. The highest BCUT2D eigenvalue weighted by Gasteiger charge is 2.39. The van der Waals surface area contributed by atoms with Crippen LogP contribution in [0, 0.1) is 13.8 Å². The summed E-state index contributed by atoms with van der Waals surface area (Å²) in [4.78, 5) is 0. The fraction of sp³-hybridized carbons (Fsp3) is 0.600. The van der Waals surface area contributed by atoms with Crippen LogP contribution in [0.5, 0.6) is 5.75 Å². The maximum absolute atomic E-state index is 9.44. The number of rotatable bonds is 3. The summed E-state index contributed by atoms with van der Waals surface area (Å²) in [5.41, 5.74) is 3.19. The first-order chi connectivity index (χ1) is 8.10. The second-order valence-corrected chi connectivity index (χ2v) is 11.2. The molecule has 1 N–H and O–H groups in total. The summed E-state index contributed by atoms with van der Waals surface area (Å²) in [7, 11) is -1.81. The number of hydrogen-bond acceptors (Lipinski definition) is 2. The van der Waals surface area contributed by atoms with Gasteiger partial charge in [-0.05, 0) is 54.7 Å². The number of aliphatic hydroxyl groups excluding tert-OH is 1. The molecule has 0 aliphatic carbocycles. The van der Waals surface area contributed by atoms with Gasteiger partial charge in [0.1, 0.15) is 5.75 Å². The summed E-state index contributed by atoms with van der Waals surface area (Å²) < 4.78 is 6.32. The topological polar surface area (TPSA) is 29.5 Å². The lowest BCUT2D eigenvalue weighted by Gasteiger charge is -2.37. The normalized spacial score (nSPS) is 12.7. The molecular weight excluding hydrogens is 240 g/mol. The Labute approximate surface area is 112 Å². The van der Waals surface area contributed by atoms with E-state index in [1.165, 1.54) is 0 Å². The Morgan fingerprint density at radius 1 is 1.17 bits per heavy atom. The molecule has 3 heteroatoms. The zero-order valence-electron chi connectivity index (χ0n) is 12.7. The van der Waals surface area contributed by atoms with Gasteiger partial charge >= 0.3 is 0 Å². The van der Waals surface area contributed by atoms with Gasteiger partial charge in [0.2, 0.25) is 8.32 Å². The average Bonchev–Trinajstić information content (AvgIpc) is 2.21. The smallest absolute Gasteiger partial charge is 0.250 e. The molecule has 2 nitrogen and oxygen atoms in total. The zero-order chi connectivity index (χ0) is 14.1. The molecular formula is C15H26O2Si. The van der Waals surface area contributed by atoms with Gasteiger partial charge in [-0.15, -0.1) is 0 Å². The maximum Gasteiger partial charge on any atom is 0.250 e. The summed E-state index contributed by atoms with van der Waals surface area (Å²) >= 11 is 0. The minimum absolute atomic E-state index is 0.0758. The van der Waals surface area contributed by atoms with Gasteiger partial charge in [0.15, 0.2) is 0 Å². The number of hydrogen-bond donors (Lipinski definition) is 1. The molecule has 0 aromatic heterocycles. The van der Waals surface area contributed by atoms with E-state index in [0.29, 0.717) is 0 Å². The molecule has 1 aromatic carbocycles. The van der Waals surface area contributed by atoms with Crippen LogP contribution in [0.4, 0.5) is 0 Å². The SMILES string of the molecule is Cc1ccc(O[Si](C)(C)C(C)(C)C)c(C)c1CO. The Bertz CT molecular complexity index is 431. The van der Waals surface area contributed by atoms with Crippen molar-refractivity contribution in [2.75, 3.05) is 0 Å². The molecule has 0 atom stereocenters. The summed E-state index contributed by atoms with van der Waals surface area (Å²) in [6, 6.07) is 4.06. The molecule has 0 bridgehead atoms. The van der Waals surface area contributed by atoms with Crippen molar-refractivity contribution in [2.24, 2.45) is 0 Å². The molecule has 0 saturated heterocycles. The highest BCUT2D eigenvalue weighted by Crippen LogP contribution is 2.38. The minimum Gasteiger partial charge on any atom is -0.543 e. The fourth-order valence-corrected chi connectivity index (χ4v) is 2.73. The van der Waals surface area contributed by atoms with Crippen LogP contribution >= 0.6 is 0 Å². The first-order valence-corrected chi connectivity index (χ1v) is 9.40. The van der Waals surface area contributed by atoms with E-state index >= 15 is 0 Å². The summed E-state index contributed by atoms with van der Waals surface area (Å²) in [6.45, 7) is 15.3. The highest BCUT2D eigenvalue weighted by molar-refractivity contribution is 6.74. The Balaban J connectivity index is 3.14. The largest absolute Gasteiger partial charge is 0.543 e. The molecule has 1 aromatic rings. The number of aliphatic hydroxyl groups is 1. The van der Waals surface area contributed by atoms with E-state index in [1.54, 1.807) is 0 Å². The molecule has 0 unspecified atom stereocenters. The van der Waals surface area contributed by atoms with E-state index in [4.69, 9.17) is 4.43 Å². The van der Waals surface area contributed by atoms with Gasteiger partial charge in [0.25, 0.3) is 0 Å². The van der Waals surface area contributed by atoms with E-state index in [1.807, 2.05) is 26.0 Å². The summed E-state index contributed by atoms with van der Waals surface area (Å²) in [5, 5.41) is 9.62. The van der Waals surface area contributed by atoms with E-state index in [-0.39, 0.29) is 11.6 Å². The molecule has 0 saturated carbocycles. The highest BCUT2D eigenvalue weighted by atomic mass is 28.4. The molecule has 0 aliphatic heterocycles. The molecule has 18 heavy (non-hydrogen) atoms. The van der Waals surface area contributed by atoms with Crippen molar-refractivity contribution in [3.8, 4) is 5.75 Å². The Morgan fingerprint density at radius 2 is 1.72 bits per heavy atom. The van der Waals surface area contributed by atoms with E-state index in [9.17, 15) is 5.11 Å². The lowest BCUT2D eigenvalue weighted by Crippen LogP contribution is -2.44. The predicted molar refractivity (Wildman–Crippen MR) is 79.7 cm³/mol. The van der Waals surface area contributed by atoms with Crippen molar-refractivity contribution in [1.82, 2.24) is 0 Å². The quantitative estimate of drug-likeness (QED) is 0.832. The van der Waals surface area contributed by atoms with Crippen LogP contribution in [0.2, 0.25) is 18.1 Å². The Kier molecular flexibility index (Phi) is 4.29. The summed E-state index contributed by atoms with van der Waals surface area (Å²) in [6.07, 6.45) is 0. The monoisotopic (exact) mass is 266 g/mol. The fourth-order valence-electron chi connectivity index (χ4n) is 1.65. The van der Waals surface area contributed by atoms with Crippen LogP contribution in [0.1, 0.15) is 37.5 Å². The lowest BCUT2D eigenvalue weighted by atomic mass is 10.0. The lowest BCUT2D eigenvalue weighted by molar-refractivity contribution is 0.279. The third-order valence-electron chi connectivity index (χ3n) is 4.11. The minimum atomic E-state index is -1.81. The standard InChI is InChI=1S/C15H26O2Si/c1-11-8-9-14(12(2)13(11)10-16)17-18(6,7)15(3,4)5/h8-9,16H,10H2,1-7H3. The van der Waals surface area contributed by atoms with Crippen molar-refractivity contribution in [3.05, 3.63) is 28.8 Å². The van der Waals surface area contributed by atoms with Crippen LogP contribution in [-0.2, 0) is 6.61 Å². The first kappa shape index (κ1) is 15.3. The third kappa shape index (κ3) is 2.95. The predicted octanol–water partition coefficient (Wildman–Crippen LogP) is 4.18. The number of aryl methyl sites for hydroxylation is 1. The van der Waals surface area contributed by atoms with Gasteiger partial charge in [0, 0.05) is 0 Å². The van der Waals surface area contributed by atoms with Gasteiger partial charge < -0.3 is 9.53 Å². The molecule has 0 aliphatic rings. The molecule has 0 radical (unpaired) electrons. The van der Waals surface area contributed by atoms with Gasteiger partial charge in [-0.1, -0.05) is 26.8 Å². The first-order valence-electron chi connectivity index (χ1n) is 6.49. The van der Waals surface area contributed by atoms with E-state index in [0.717, 1.165) is 22.4 Å². The second-order valence-electron chi connectivity index (χ2n) is 6.50. The van der Waals surface area contributed by atoms with Crippen molar-refractivity contribution < 1.29 is 9.53 Å². The van der Waals surface area contributed by atoms with E-state index in [2.05, 4.69) is 33.9 Å². The van der Waals surface area contributed by atoms with Gasteiger partial charge in [-0.3, -0.25) is 0 Å². The molecule has 0 fully saturated rings. The van der Waals surface area contributed by atoms with Crippen molar-refractivity contribution in [3.63, 3.8) is 0 Å². The van der Waals surface area contributed by atoms with Crippen molar-refractivity contribution in [2.45, 2.75) is 59.4 Å². The van der Waals surface area contributed by atoms with Crippen LogP contribution in [0.15, 0.2) is 12.1 Å². The molecule has 0 heterocycles. The van der Waals surface area contributed by atoms with Crippen LogP contribution in [0.3, 0.4) is 0 Å². The second kappa shape index (κ2) is 5.06. The van der Waals surface area contributed by atoms with Gasteiger partial charge in [0.05, 0.1) is 6.61 Å². The van der Waals surface area contributed by atoms with E-state index < -0.39 is 8.32 Å². The summed E-state index contributed by atoms with van der Waals surface area (Å²) in [5.74, 6) is 0.927. The van der Waals surface area contributed by atoms with Gasteiger partial charge in [-0.25, -0.2) is 0 Å². The Hall–Kier alpha value is -0.803. The molecule has 102 valence electrons. The van der Waals surface area contributed by atoms with Gasteiger partial charge in [-0.2, -0.15) is 0 Å².